The summed E-state index contributed by atoms with van der Waals surface area (Å²) in [5.74, 6) is -1.47. The third-order valence-corrected chi connectivity index (χ3v) is 3.07. The van der Waals surface area contributed by atoms with Gasteiger partial charge in [0, 0.05) is 34.1 Å². The largest absolute Gasteiger partial charge is 0.479 e. The van der Waals surface area contributed by atoms with Gasteiger partial charge in [-0.3, -0.25) is 4.79 Å². The molecule has 3 N–H and O–H groups in total. The van der Waals surface area contributed by atoms with Gasteiger partial charge in [-0.2, -0.15) is 0 Å². The highest BCUT2D eigenvalue weighted by atomic mass is 79.9. The van der Waals surface area contributed by atoms with Crippen molar-refractivity contribution in [2.24, 2.45) is 0 Å². The molecule has 0 aliphatic carbocycles. The molecule has 94 valence electrons. The molecule has 0 saturated heterocycles. The lowest BCUT2D eigenvalue weighted by atomic mass is 10.1. The minimum atomic E-state index is -1.09. The van der Waals surface area contributed by atoms with Gasteiger partial charge in [-0.25, -0.2) is 4.79 Å². The second-order valence-electron chi connectivity index (χ2n) is 3.91. The number of rotatable bonds is 3. The monoisotopic (exact) mass is 310 g/mol. The van der Waals surface area contributed by atoms with Crippen LogP contribution in [-0.2, 0) is 9.59 Å². The van der Waals surface area contributed by atoms with Crippen LogP contribution in [0, 0.1) is 0 Å². The van der Waals surface area contributed by atoms with Crippen molar-refractivity contribution in [3.05, 3.63) is 34.4 Å². The van der Waals surface area contributed by atoms with Crippen LogP contribution in [0.15, 0.2) is 28.9 Å². The highest BCUT2D eigenvalue weighted by molar-refractivity contribution is 9.10. The summed E-state index contributed by atoms with van der Waals surface area (Å²) in [6, 6.07) is 4.44. The maximum Gasteiger partial charge on any atom is 0.330 e. The average molecular weight is 311 g/mol. The van der Waals surface area contributed by atoms with E-state index < -0.39 is 12.0 Å². The predicted molar refractivity (Wildman–Crippen MR) is 70.2 cm³/mol. The molecular formula is C12H11BrN2O3. The first-order valence-electron chi connectivity index (χ1n) is 5.25. The van der Waals surface area contributed by atoms with E-state index in [1.165, 1.54) is 6.92 Å². The Morgan fingerprint density at radius 3 is 2.78 bits per heavy atom. The maximum atomic E-state index is 11.2. The predicted octanol–water partition coefficient (Wildman–Crippen LogP) is 2.19. The summed E-state index contributed by atoms with van der Waals surface area (Å²) in [4.78, 5) is 25.3. The Labute approximate surface area is 111 Å². The number of aromatic nitrogens is 1. The Hall–Kier alpha value is -1.82. The van der Waals surface area contributed by atoms with Gasteiger partial charge in [-0.1, -0.05) is 22.0 Å². The first-order chi connectivity index (χ1) is 8.49. The molecule has 0 bridgehead atoms. The molecule has 0 aliphatic heterocycles. The lowest BCUT2D eigenvalue weighted by Gasteiger charge is -2.12. The highest BCUT2D eigenvalue weighted by Gasteiger charge is 2.23. The molecule has 0 aliphatic rings. The molecule has 1 amide bonds. The Balaban J connectivity index is 2.51. The van der Waals surface area contributed by atoms with Gasteiger partial charge in [0.1, 0.15) is 0 Å². The van der Waals surface area contributed by atoms with Crippen LogP contribution in [0.5, 0.6) is 0 Å². The SMILES string of the molecule is CC(=O)N[C@H](C(=O)O)c1c[nH]c2cc(Br)ccc12. The van der Waals surface area contributed by atoms with E-state index in [0.29, 0.717) is 5.56 Å². The van der Waals surface area contributed by atoms with Gasteiger partial charge in [0.2, 0.25) is 5.91 Å². The number of carbonyl (C=O) groups is 2. The van der Waals surface area contributed by atoms with Crippen LogP contribution < -0.4 is 5.32 Å². The second-order valence-corrected chi connectivity index (χ2v) is 4.82. The van der Waals surface area contributed by atoms with Crippen LogP contribution >= 0.6 is 15.9 Å². The Bertz CT molecular complexity index is 621. The lowest BCUT2D eigenvalue weighted by Crippen LogP contribution is -2.31. The zero-order valence-electron chi connectivity index (χ0n) is 9.53. The van der Waals surface area contributed by atoms with Gasteiger partial charge in [0.25, 0.3) is 0 Å². The number of carbonyl (C=O) groups excluding carboxylic acids is 1. The number of carboxylic acid groups (broad SMARTS) is 1. The highest BCUT2D eigenvalue weighted by Crippen LogP contribution is 2.26. The third-order valence-electron chi connectivity index (χ3n) is 2.58. The van der Waals surface area contributed by atoms with Gasteiger partial charge in [-0.05, 0) is 12.1 Å². The molecule has 2 rings (SSSR count). The molecule has 0 unspecified atom stereocenters. The van der Waals surface area contributed by atoms with E-state index in [1.807, 2.05) is 18.2 Å². The van der Waals surface area contributed by atoms with E-state index >= 15 is 0 Å². The van der Waals surface area contributed by atoms with Gasteiger partial charge < -0.3 is 15.4 Å². The van der Waals surface area contributed by atoms with Crippen molar-refractivity contribution in [1.82, 2.24) is 10.3 Å². The summed E-state index contributed by atoms with van der Waals surface area (Å²) >= 11 is 3.34. The number of carboxylic acids is 1. The summed E-state index contributed by atoms with van der Waals surface area (Å²) in [6.45, 7) is 1.29. The summed E-state index contributed by atoms with van der Waals surface area (Å²) in [5, 5.41) is 12.4. The zero-order valence-corrected chi connectivity index (χ0v) is 11.1. The summed E-state index contributed by atoms with van der Waals surface area (Å²) in [7, 11) is 0. The lowest BCUT2D eigenvalue weighted by molar-refractivity contribution is -0.141. The molecule has 1 aromatic carbocycles. The maximum absolute atomic E-state index is 11.2. The first kappa shape index (κ1) is 12.6. The quantitative estimate of drug-likeness (QED) is 0.812. The number of nitrogens with one attached hydrogen (secondary N) is 2. The van der Waals surface area contributed by atoms with Gasteiger partial charge >= 0.3 is 5.97 Å². The van der Waals surface area contributed by atoms with Crippen molar-refractivity contribution in [2.45, 2.75) is 13.0 Å². The van der Waals surface area contributed by atoms with Crippen molar-refractivity contribution in [3.8, 4) is 0 Å². The van der Waals surface area contributed by atoms with Gasteiger partial charge in [0.15, 0.2) is 6.04 Å². The van der Waals surface area contributed by atoms with Crippen molar-refractivity contribution in [3.63, 3.8) is 0 Å². The van der Waals surface area contributed by atoms with Crippen molar-refractivity contribution < 1.29 is 14.7 Å². The minimum absolute atomic E-state index is 0.381. The fourth-order valence-corrected chi connectivity index (χ4v) is 2.20. The Morgan fingerprint density at radius 1 is 1.44 bits per heavy atom. The molecule has 1 atom stereocenters. The van der Waals surface area contributed by atoms with E-state index in [0.717, 1.165) is 15.4 Å². The fourth-order valence-electron chi connectivity index (χ4n) is 1.84. The third kappa shape index (κ3) is 2.38. The second kappa shape index (κ2) is 4.81. The fraction of sp³-hybridized carbons (Fsp3) is 0.167. The minimum Gasteiger partial charge on any atom is -0.479 e. The first-order valence-corrected chi connectivity index (χ1v) is 6.05. The molecule has 0 saturated carbocycles. The van der Waals surface area contributed by atoms with E-state index in [9.17, 15) is 14.7 Å². The van der Waals surface area contributed by atoms with Gasteiger partial charge in [-0.15, -0.1) is 0 Å². The van der Waals surface area contributed by atoms with Gasteiger partial charge in [0.05, 0.1) is 0 Å². The summed E-state index contributed by atoms with van der Waals surface area (Å²) < 4.78 is 0.898. The van der Waals surface area contributed by atoms with Crippen molar-refractivity contribution in [2.75, 3.05) is 0 Å². The number of benzene rings is 1. The molecule has 0 spiro atoms. The molecule has 18 heavy (non-hydrogen) atoms. The number of amides is 1. The number of aliphatic carboxylic acids is 1. The van der Waals surface area contributed by atoms with Crippen LogP contribution in [-0.4, -0.2) is 22.0 Å². The van der Waals surface area contributed by atoms with E-state index in [-0.39, 0.29) is 5.91 Å². The summed E-state index contributed by atoms with van der Waals surface area (Å²) in [6.07, 6.45) is 1.60. The smallest absolute Gasteiger partial charge is 0.330 e. The van der Waals surface area contributed by atoms with Crippen LogP contribution in [0.2, 0.25) is 0 Å². The van der Waals surface area contributed by atoms with Crippen molar-refractivity contribution >= 4 is 38.7 Å². The van der Waals surface area contributed by atoms with Crippen LogP contribution in [0.1, 0.15) is 18.5 Å². The topological polar surface area (TPSA) is 82.2 Å². The summed E-state index contributed by atoms with van der Waals surface area (Å²) in [5.41, 5.74) is 1.36. The number of hydrogen-bond donors (Lipinski definition) is 3. The number of hydrogen-bond acceptors (Lipinski definition) is 2. The normalized spacial score (nSPS) is 12.3. The molecular weight excluding hydrogens is 300 g/mol. The Morgan fingerprint density at radius 2 is 2.17 bits per heavy atom. The van der Waals surface area contributed by atoms with E-state index in [1.54, 1.807) is 6.20 Å². The molecule has 0 fully saturated rings. The van der Waals surface area contributed by atoms with Crippen LogP contribution in [0.4, 0.5) is 0 Å². The van der Waals surface area contributed by atoms with E-state index in [2.05, 4.69) is 26.2 Å². The standard InChI is InChI=1S/C12H11BrN2O3/c1-6(16)15-11(12(17)18)9-5-14-10-4-7(13)2-3-8(9)10/h2-5,11,14H,1H3,(H,15,16)(H,17,18)/t11-/m0/s1. The van der Waals surface area contributed by atoms with E-state index in [4.69, 9.17) is 0 Å². The molecule has 0 radical (unpaired) electrons. The average Bonchev–Trinajstić information content (AvgIpc) is 2.67. The molecule has 2 aromatic rings. The number of H-pyrrole nitrogens is 1. The van der Waals surface area contributed by atoms with Crippen LogP contribution in [0.25, 0.3) is 10.9 Å². The molecule has 6 heteroatoms. The van der Waals surface area contributed by atoms with Crippen molar-refractivity contribution in [1.29, 1.82) is 0 Å². The molecule has 1 aromatic heterocycles. The number of fused-ring (bicyclic) bond motifs is 1. The zero-order chi connectivity index (χ0) is 13.3. The number of halogens is 1. The van der Waals surface area contributed by atoms with Crippen LogP contribution in [0.3, 0.4) is 0 Å². The number of aromatic amines is 1. The molecule has 5 nitrogen and oxygen atoms in total. The Kier molecular flexibility index (Phi) is 3.38. The molecule has 1 heterocycles.